The van der Waals surface area contributed by atoms with Crippen LogP contribution in [-0.2, 0) is 10.0 Å². The highest BCUT2D eigenvalue weighted by molar-refractivity contribution is 7.89. The Labute approximate surface area is 124 Å². The lowest BCUT2D eigenvalue weighted by atomic mass is 10.2. The van der Waals surface area contributed by atoms with Gasteiger partial charge in [0.1, 0.15) is 0 Å². The van der Waals surface area contributed by atoms with Crippen LogP contribution in [0.2, 0.25) is 0 Å². The van der Waals surface area contributed by atoms with Crippen LogP contribution in [0.4, 0.5) is 0 Å². The lowest BCUT2D eigenvalue weighted by Gasteiger charge is -2.20. The van der Waals surface area contributed by atoms with E-state index >= 15 is 0 Å². The van der Waals surface area contributed by atoms with E-state index in [0.717, 1.165) is 4.31 Å². The number of carbonyl (C=O) groups is 1. The van der Waals surface area contributed by atoms with E-state index < -0.39 is 10.0 Å². The molecule has 7 nitrogen and oxygen atoms in total. The second-order valence-corrected chi connectivity index (χ2v) is 6.70. The molecule has 0 unspecified atom stereocenters. The SMILES string of the molecule is CN(C)S(=O)(=O)c1ccc(C(=O)N(CCO)CCO)cc1. The van der Waals surface area contributed by atoms with Crippen molar-refractivity contribution in [3.05, 3.63) is 29.8 Å². The summed E-state index contributed by atoms with van der Waals surface area (Å²) in [6, 6.07) is 5.55. The highest BCUT2D eigenvalue weighted by Gasteiger charge is 2.19. The van der Waals surface area contributed by atoms with Gasteiger partial charge in [-0.3, -0.25) is 4.79 Å². The summed E-state index contributed by atoms with van der Waals surface area (Å²) < 4.78 is 24.9. The fourth-order valence-electron chi connectivity index (χ4n) is 1.72. The first-order chi connectivity index (χ1) is 9.84. The van der Waals surface area contributed by atoms with E-state index in [9.17, 15) is 13.2 Å². The Hall–Kier alpha value is -1.48. The predicted molar refractivity (Wildman–Crippen MR) is 77.4 cm³/mol. The maximum Gasteiger partial charge on any atom is 0.254 e. The van der Waals surface area contributed by atoms with Crippen molar-refractivity contribution in [2.75, 3.05) is 40.4 Å². The number of hydrogen-bond acceptors (Lipinski definition) is 5. The lowest BCUT2D eigenvalue weighted by Crippen LogP contribution is -2.35. The minimum Gasteiger partial charge on any atom is -0.395 e. The van der Waals surface area contributed by atoms with E-state index in [-0.39, 0.29) is 37.1 Å². The van der Waals surface area contributed by atoms with Crippen molar-refractivity contribution in [1.82, 2.24) is 9.21 Å². The minimum atomic E-state index is -3.53. The van der Waals surface area contributed by atoms with Crippen LogP contribution < -0.4 is 0 Å². The minimum absolute atomic E-state index is 0.0971. The van der Waals surface area contributed by atoms with Gasteiger partial charge in [-0.15, -0.1) is 0 Å². The summed E-state index contributed by atoms with van der Waals surface area (Å²) in [4.78, 5) is 13.6. The van der Waals surface area contributed by atoms with Crippen LogP contribution in [0.5, 0.6) is 0 Å². The number of benzene rings is 1. The van der Waals surface area contributed by atoms with Crippen LogP contribution in [0.3, 0.4) is 0 Å². The molecule has 0 saturated heterocycles. The monoisotopic (exact) mass is 316 g/mol. The average Bonchev–Trinajstić information content (AvgIpc) is 2.46. The van der Waals surface area contributed by atoms with Gasteiger partial charge in [0.25, 0.3) is 5.91 Å². The van der Waals surface area contributed by atoms with E-state index in [1.54, 1.807) is 0 Å². The Morgan fingerprint density at radius 1 is 1.05 bits per heavy atom. The number of rotatable bonds is 7. The number of aliphatic hydroxyl groups is 2. The molecule has 0 aliphatic heterocycles. The Bertz CT molecular complexity index is 563. The summed E-state index contributed by atoms with van der Waals surface area (Å²) in [7, 11) is -0.673. The molecular weight excluding hydrogens is 296 g/mol. The van der Waals surface area contributed by atoms with Crippen LogP contribution in [0, 0.1) is 0 Å². The van der Waals surface area contributed by atoms with Gasteiger partial charge in [-0.1, -0.05) is 0 Å². The van der Waals surface area contributed by atoms with Gasteiger partial charge < -0.3 is 15.1 Å². The molecule has 0 atom stereocenters. The van der Waals surface area contributed by atoms with Crippen molar-refractivity contribution < 1.29 is 23.4 Å². The zero-order valence-corrected chi connectivity index (χ0v) is 12.9. The Morgan fingerprint density at radius 2 is 1.52 bits per heavy atom. The van der Waals surface area contributed by atoms with Crippen LogP contribution in [-0.4, -0.2) is 74.1 Å². The highest BCUT2D eigenvalue weighted by Crippen LogP contribution is 2.15. The van der Waals surface area contributed by atoms with Crippen LogP contribution >= 0.6 is 0 Å². The van der Waals surface area contributed by atoms with Gasteiger partial charge >= 0.3 is 0 Å². The second-order valence-electron chi connectivity index (χ2n) is 4.55. The number of carbonyl (C=O) groups excluding carboxylic acids is 1. The van der Waals surface area contributed by atoms with Gasteiger partial charge in [0.15, 0.2) is 0 Å². The van der Waals surface area contributed by atoms with Crippen molar-refractivity contribution in [2.45, 2.75) is 4.90 Å². The zero-order chi connectivity index (χ0) is 16.0. The molecule has 0 fully saturated rings. The Kier molecular flexibility index (Phi) is 6.28. The smallest absolute Gasteiger partial charge is 0.254 e. The molecule has 0 radical (unpaired) electrons. The van der Waals surface area contributed by atoms with Gasteiger partial charge in [-0.2, -0.15) is 0 Å². The van der Waals surface area contributed by atoms with Crippen molar-refractivity contribution >= 4 is 15.9 Å². The third kappa shape index (κ3) is 4.24. The molecule has 1 aromatic carbocycles. The molecule has 0 aliphatic carbocycles. The molecule has 1 rings (SSSR count). The molecular formula is C13H20N2O5S. The first-order valence-electron chi connectivity index (χ1n) is 6.38. The largest absolute Gasteiger partial charge is 0.395 e. The van der Waals surface area contributed by atoms with Crippen LogP contribution in [0.1, 0.15) is 10.4 Å². The summed E-state index contributed by atoms with van der Waals surface area (Å²) in [5.74, 6) is -0.369. The second kappa shape index (κ2) is 7.51. The van der Waals surface area contributed by atoms with Crippen LogP contribution in [0.25, 0.3) is 0 Å². The lowest BCUT2D eigenvalue weighted by molar-refractivity contribution is 0.0684. The highest BCUT2D eigenvalue weighted by atomic mass is 32.2. The maximum atomic E-state index is 12.2. The Morgan fingerprint density at radius 3 is 1.90 bits per heavy atom. The fraction of sp³-hybridized carbons (Fsp3) is 0.462. The molecule has 0 saturated carbocycles. The summed E-state index contributed by atoms with van der Waals surface area (Å²) in [5, 5.41) is 17.8. The van der Waals surface area contributed by atoms with Gasteiger partial charge in [-0.25, -0.2) is 12.7 Å². The summed E-state index contributed by atoms with van der Waals surface area (Å²) in [6.45, 7) is -0.202. The third-order valence-electron chi connectivity index (χ3n) is 2.91. The van der Waals surface area contributed by atoms with E-state index in [1.165, 1.54) is 43.3 Å². The summed E-state index contributed by atoms with van der Waals surface area (Å²) in [6.07, 6.45) is 0. The molecule has 2 N–H and O–H groups in total. The molecule has 0 spiro atoms. The predicted octanol–water partition coefficient (Wildman–Crippen LogP) is -0.636. The van der Waals surface area contributed by atoms with E-state index in [2.05, 4.69) is 0 Å². The fourth-order valence-corrected chi connectivity index (χ4v) is 2.62. The topological polar surface area (TPSA) is 98.2 Å². The van der Waals surface area contributed by atoms with Crippen molar-refractivity contribution in [2.24, 2.45) is 0 Å². The Balaban J connectivity index is 2.99. The molecule has 0 aromatic heterocycles. The summed E-state index contributed by atoms with van der Waals surface area (Å²) in [5.41, 5.74) is 0.301. The van der Waals surface area contributed by atoms with E-state index in [4.69, 9.17) is 10.2 Å². The summed E-state index contributed by atoms with van der Waals surface area (Å²) >= 11 is 0. The number of hydrogen-bond donors (Lipinski definition) is 2. The van der Waals surface area contributed by atoms with Gasteiger partial charge in [0, 0.05) is 32.7 Å². The normalized spacial score (nSPS) is 11.7. The first-order valence-corrected chi connectivity index (χ1v) is 7.82. The first kappa shape index (κ1) is 17.6. The maximum absolute atomic E-state index is 12.2. The third-order valence-corrected chi connectivity index (χ3v) is 4.74. The molecule has 21 heavy (non-hydrogen) atoms. The van der Waals surface area contributed by atoms with Crippen molar-refractivity contribution in [3.63, 3.8) is 0 Å². The van der Waals surface area contributed by atoms with Crippen LogP contribution in [0.15, 0.2) is 29.2 Å². The van der Waals surface area contributed by atoms with E-state index in [0.29, 0.717) is 5.56 Å². The standard InChI is InChI=1S/C13H20N2O5S/c1-14(2)21(19,20)12-5-3-11(4-6-12)13(18)15(7-9-16)8-10-17/h3-6,16-17H,7-10H2,1-2H3. The molecule has 0 bridgehead atoms. The molecule has 0 heterocycles. The van der Waals surface area contributed by atoms with Gasteiger partial charge in [-0.05, 0) is 24.3 Å². The molecule has 1 aromatic rings. The molecule has 8 heteroatoms. The molecule has 118 valence electrons. The molecule has 1 amide bonds. The average molecular weight is 316 g/mol. The van der Waals surface area contributed by atoms with Gasteiger partial charge in [0.05, 0.1) is 18.1 Å². The number of nitrogens with zero attached hydrogens (tertiary/aromatic N) is 2. The molecule has 0 aliphatic rings. The van der Waals surface area contributed by atoms with Gasteiger partial charge in [0.2, 0.25) is 10.0 Å². The zero-order valence-electron chi connectivity index (χ0n) is 12.1. The van der Waals surface area contributed by atoms with Crippen molar-refractivity contribution in [3.8, 4) is 0 Å². The van der Waals surface area contributed by atoms with Crippen molar-refractivity contribution in [1.29, 1.82) is 0 Å². The number of amides is 1. The quantitative estimate of drug-likeness (QED) is 0.697. The van der Waals surface area contributed by atoms with E-state index in [1.807, 2.05) is 0 Å². The number of aliphatic hydroxyl groups excluding tert-OH is 2. The number of sulfonamides is 1.